The number of aliphatic carboxylic acids is 2. The molecule has 2 aliphatic rings. The molecule has 4 rings (SSSR count). The molecule has 25 nitrogen and oxygen atoms in total. The Hall–Kier alpha value is -7.67. The molecule has 2 heterocycles. The first-order chi connectivity index (χ1) is 35.3. The van der Waals surface area contributed by atoms with Crippen LogP contribution in [0.3, 0.4) is 0 Å². The van der Waals surface area contributed by atoms with Crippen LogP contribution in [0.4, 0.5) is 0 Å². The number of amides is 9. The predicted octanol–water partition coefficient (Wildman–Crippen LogP) is -2.48. The Labute approximate surface area is 433 Å². The molecule has 2 aromatic rings. The van der Waals surface area contributed by atoms with Gasteiger partial charge in [-0.25, -0.2) is 4.79 Å². The largest absolute Gasteiger partial charge is 0.508 e. The molecular formula is C50H70N10O15. The summed E-state index contributed by atoms with van der Waals surface area (Å²) in [5.41, 5.74) is 12.5. The molecule has 2 saturated heterocycles. The second-order valence-corrected chi connectivity index (χ2v) is 19.5. The first kappa shape index (κ1) is 59.9. The first-order valence-corrected chi connectivity index (χ1v) is 24.7. The van der Waals surface area contributed by atoms with Gasteiger partial charge in [-0.05, 0) is 67.7 Å². The lowest BCUT2D eigenvalue weighted by Gasteiger charge is -2.33. The van der Waals surface area contributed by atoms with Gasteiger partial charge in [0.2, 0.25) is 53.2 Å². The third kappa shape index (κ3) is 17.2. The Morgan fingerprint density at radius 3 is 1.63 bits per heavy atom. The summed E-state index contributed by atoms with van der Waals surface area (Å²) < 4.78 is 0. The third-order valence-electron chi connectivity index (χ3n) is 12.9. The Kier molecular flexibility index (Phi) is 22.0. The molecule has 2 aliphatic heterocycles. The number of phenols is 1. The molecule has 0 radical (unpaired) electrons. The molecule has 75 heavy (non-hydrogen) atoms. The first-order valence-electron chi connectivity index (χ1n) is 24.7. The summed E-state index contributed by atoms with van der Waals surface area (Å²) in [4.78, 5) is 150. The summed E-state index contributed by atoms with van der Waals surface area (Å²) >= 11 is 0. The number of nitrogens with zero attached hydrogens (tertiary/aromatic N) is 2. The van der Waals surface area contributed by atoms with Crippen molar-refractivity contribution in [1.82, 2.24) is 41.7 Å². The number of carboxylic acid groups (broad SMARTS) is 2. The van der Waals surface area contributed by atoms with Crippen molar-refractivity contribution in [3.8, 4) is 5.75 Å². The van der Waals surface area contributed by atoms with Gasteiger partial charge in [-0.2, -0.15) is 0 Å². The molecule has 2 fully saturated rings. The smallest absolute Gasteiger partial charge is 0.326 e. The van der Waals surface area contributed by atoms with E-state index in [1.54, 1.807) is 44.2 Å². The summed E-state index contributed by atoms with van der Waals surface area (Å²) in [7, 11) is 0. The number of carboxylic acids is 2. The number of carbonyl (C=O) groups excluding carboxylic acids is 9. The van der Waals surface area contributed by atoms with Crippen LogP contribution in [0.5, 0.6) is 5.75 Å². The van der Waals surface area contributed by atoms with Crippen LogP contribution in [-0.4, -0.2) is 169 Å². The summed E-state index contributed by atoms with van der Waals surface area (Å²) in [6.45, 7) is 8.26. The molecule has 9 amide bonds. The lowest BCUT2D eigenvalue weighted by molar-refractivity contribution is -0.148. The Morgan fingerprint density at radius 1 is 0.587 bits per heavy atom. The number of carbonyl (C=O) groups is 11. The van der Waals surface area contributed by atoms with Crippen molar-refractivity contribution in [1.29, 1.82) is 0 Å². The molecule has 2 aromatic carbocycles. The van der Waals surface area contributed by atoms with Gasteiger partial charge in [-0.15, -0.1) is 0 Å². The number of phenolic OH excluding ortho intramolecular Hbond substituents is 1. The van der Waals surface area contributed by atoms with Gasteiger partial charge in [0, 0.05) is 25.9 Å². The highest BCUT2D eigenvalue weighted by molar-refractivity contribution is 6.00. The van der Waals surface area contributed by atoms with E-state index in [4.69, 9.17) is 11.5 Å². The van der Waals surface area contributed by atoms with Crippen molar-refractivity contribution in [2.45, 2.75) is 146 Å². The van der Waals surface area contributed by atoms with Gasteiger partial charge in [0.25, 0.3) is 0 Å². The maximum Gasteiger partial charge on any atom is 0.326 e. The van der Waals surface area contributed by atoms with E-state index in [0.717, 1.165) is 0 Å². The van der Waals surface area contributed by atoms with Crippen LogP contribution in [0.15, 0.2) is 54.6 Å². The Morgan fingerprint density at radius 2 is 1.08 bits per heavy atom. The van der Waals surface area contributed by atoms with Gasteiger partial charge in [-0.1, -0.05) is 70.2 Å². The van der Waals surface area contributed by atoms with E-state index in [0.29, 0.717) is 36.9 Å². The molecule has 10 atom stereocenters. The molecule has 0 aliphatic carbocycles. The van der Waals surface area contributed by atoms with Crippen LogP contribution in [0.2, 0.25) is 0 Å². The van der Waals surface area contributed by atoms with E-state index >= 15 is 0 Å². The zero-order valence-electron chi connectivity index (χ0n) is 42.5. The number of hydrogen-bond acceptors (Lipinski definition) is 14. The zero-order valence-corrected chi connectivity index (χ0v) is 42.5. The predicted molar refractivity (Wildman–Crippen MR) is 266 cm³/mol. The van der Waals surface area contributed by atoms with Crippen molar-refractivity contribution >= 4 is 65.1 Å². The molecule has 25 heteroatoms. The average Bonchev–Trinajstić information content (AvgIpc) is 4.05. The highest BCUT2D eigenvalue weighted by Gasteiger charge is 2.44. The fourth-order valence-electron chi connectivity index (χ4n) is 8.69. The summed E-state index contributed by atoms with van der Waals surface area (Å²) in [5.74, 6) is -12.5. The summed E-state index contributed by atoms with van der Waals surface area (Å²) in [5, 5.41) is 54.2. The molecule has 0 spiro atoms. The average molecular weight is 1050 g/mol. The van der Waals surface area contributed by atoms with Crippen molar-refractivity contribution in [2.75, 3.05) is 13.1 Å². The molecule has 0 bridgehead atoms. The van der Waals surface area contributed by atoms with Crippen LogP contribution in [0.1, 0.15) is 84.3 Å². The van der Waals surface area contributed by atoms with Crippen molar-refractivity contribution in [3.05, 3.63) is 65.7 Å². The van der Waals surface area contributed by atoms with Gasteiger partial charge in [0.05, 0.1) is 25.0 Å². The molecule has 410 valence electrons. The quantitative estimate of drug-likeness (QED) is 0.0464. The van der Waals surface area contributed by atoms with E-state index in [9.17, 15) is 73.2 Å². The number of benzene rings is 2. The van der Waals surface area contributed by atoms with Crippen LogP contribution < -0.4 is 43.4 Å². The number of aliphatic hydroxyl groups excluding tert-OH is 1. The second kappa shape index (κ2) is 27.6. The highest BCUT2D eigenvalue weighted by atomic mass is 16.4. The topological polar surface area (TPSA) is 399 Å². The Bertz CT molecular complexity index is 2400. The van der Waals surface area contributed by atoms with Gasteiger partial charge < -0.3 is 73.6 Å². The summed E-state index contributed by atoms with van der Waals surface area (Å²) in [6, 6.07) is 0.680. The molecular weight excluding hydrogens is 981 g/mol. The minimum absolute atomic E-state index is 0.0773. The second-order valence-electron chi connectivity index (χ2n) is 19.5. The van der Waals surface area contributed by atoms with Gasteiger partial charge in [-0.3, -0.25) is 47.9 Å². The van der Waals surface area contributed by atoms with E-state index in [1.165, 1.54) is 54.8 Å². The molecule has 0 aromatic heterocycles. The Balaban J connectivity index is 1.52. The van der Waals surface area contributed by atoms with Crippen molar-refractivity contribution < 1.29 is 73.2 Å². The third-order valence-corrected chi connectivity index (χ3v) is 12.9. The SMILES string of the molecule is CC(C)[C@H](N)C(=O)N1CCC[C@H]1C(=O)N1CCC[C@H]1C(=O)N[C@H](C(=O)N[C@@H](Cc1ccccc1)C(=O)N[C@@H](CC(N)=O)C(=O)N[C@@H](CC(=O)O)C(=O)N[C@H](C(=O)N[C@@H](Cc1ccc(O)cc1)C(=O)O)C(C)C)[C@@H](C)O. The van der Waals surface area contributed by atoms with E-state index in [-0.39, 0.29) is 43.4 Å². The van der Waals surface area contributed by atoms with Gasteiger partial charge in [0.15, 0.2) is 0 Å². The fourth-order valence-corrected chi connectivity index (χ4v) is 8.69. The number of rotatable bonds is 26. The number of aromatic hydroxyl groups is 1. The zero-order chi connectivity index (χ0) is 55.8. The van der Waals surface area contributed by atoms with Crippen LogP contribution >= 0.6 is 0 Å². The van der Waals surface area contributed by atoms with Crippen molar-refractivity contribution in [3.63, 3.8) is 0 Å². The standard InChI is InChI=1S/C50H70N10O15/c1-25(2)39(52)49(73)60-20-10-14-36(60)48(72)59-19-9-13-35(59)45(69)58-41(27(5)61)47(71)55-31(21-28-11-7-6-8-12-28)42(66)53-32(23-37(51)63)43(67)54-33(24-38(64)65)44(68)57-40(26(3)4)46(70)56-34(50(74)75)22-29-15-17-30(62)18-16-29/h6-8,11-12,15-18,25-27,31-36,39-41,61-62H,9-10,13-14,19-24,52H2,1-5H3,(H2,51,63)(H,53,66)(H,54,67)(H,55,71)(H,56,70)(H,57,68)(H,58,69)(H,64,65)(H,74,75)/t27-,31+,32+,33+,34+,35+,36+,39+,40+,41+/m1/s1. The van der Waals surface area contributed by atoms with Gasteiger partial charge >= 0.3 is 11.9 Å². The number of primary amides is 1. The van der Waals surface area contributed by atoms with Crippen LogP contribution in [0, 0.1) is 11.8 Å². The van der Waals surface area contributed by atoms with E-state index < -0.39 is 138 Å². The number of aliphatic hydroxyl groups is 1. The number of hydrogen-bond donors (Lipinski definition) is 12. The molecule has 0 saturated carbocycles. The van der Waals surface area contributed by atoms with Gasteiger partial charge in [0.1, 0.15) is 54.1 Å². The fraction of sp³-hybridized carbons (Fsp3) is 0.540. The monoisotopic (exact) mass is 1050 g/mol. The number of nitrogens with one attached hydrogen (secondary N) is 6. The highest BCUT2D eigenvalue weighted by Crippen LogP contribution is 2.26. The lowest BCUT2D eigenvalue weighted by atomic mass is 10.0. The normalized spacial score (nSPS) is 18.5. The maximum atomic E-state index is 14.2. The van der Waals surface area contributed by atoms with E-state index in [2.05, 4.69) is 31.9 Å². The number of nitrogens with two attached hydrogens (primary N) is 2. The lowest BCUT2D eigenvalue weighted by Crippen LogP contribution is -2.62. The number of likely N-dealkylation sites (tertiary alicyclic amines) is 2. The molecule has 14 N–H and O–H groups in total. The molecule has 0 unspecified atom stereocenters. The van der Waals surface area contributed by atoms with Crippen LogP contribution in [-0.2, 0) is 65.6 Å². The van der Waals surface area contributed by atoms with E-state index in [1.807, 2.05) is 0 Å². The van der Waals surface area contributed by atoms with Crippen LogP contribution in [0.25, 0.3) is 0 Å². The minimum atomic E-state index is -1.97. The maximum absolute atomic E-state index is 14.2. The van der Waals surface area contributed by atoms with Crippen molar-refractivity contribution in [2.24, 2.45) is 23.3 Å². The minimum Gasteiger partial charge on any atom is -0.508 e. The summed E-state index contributed by atoms with van der Waals surface area (Å²) in [6.07, 6.45) is -2.58.